The van der Waals surface area contributed by atoms with Gasteiger partial charge in [-0.25, -0.2) is 15.0 Å². The molecular formula is C27H33BrN6O4. The van der Waals surface area contributed by atoms with Crippen LogP contribution in [0.5, 0.6) is 5.75 Å². The smallest absolute Gasteiger partial charge is 0.270 e. The van der Waals surface area contributed by atoms with Crippen molar-refractivity contribution in [3.8, 4) is 5.75 Å². The van der Waals surface area contributed by atoms with Crippen LogP contribution in [-0.4, -0.2) is 62.6 Å². The number of aromatic nitrogens is 3. The molecule has 1 aliphatic heterocycles. The second-order valence-corrected chi connectivity index (χ2v) is 10.7. The van der Waals surface area contributed by atoms with Gasteiger partial charge in [0.15, 0.2) is 12.2 Å². The molecule has 1 fully saturated rings. The summed E-state index contributed by atoms with van der Waals surface area (Å²) in [5, 5.41) is 16.9. The fourth-order valence-corrected chi connectivity index (χ4v) is 5.76. The highest BCUT2D eigenvalue weighted by atomic mass is 79.9. The number of fused-ring (bicyclic) bond motifs is 1. The minimum atomic E-state index is -0.699. The molecule has 0 bridgehead atoms. The second-order valence-electron chi connectivity index (χ2n) is 9.89. The van der Waals surface area contributed by atoms with Crippen molar-refractivity contribution >= 4 is 27.7 Å². The van der Waals surface area contributed by atoms with E-state index in [-0.39, 0.29) is 12.5 Å². The number of benzene rings is 1. The lowest BCUT2D eigenvalue weighted by Gasteiger charge is -2.31. The van der Waals surface area contributed by atoms with Crippen LogP contribution >= 0.6 is 15.9 Å². The first-order valence-electron chi connectivity index (χ1n) is 13.1. The van der Waals surface area contributed by atoms with Gasteiger partial charge in [0.1, 0.15) is 30.2 Å². The number of oxazole rings is 1. The third kappa shape index (κ3) is 6.89. The highest BCUT2D eigenvalue weighted by molar-refractivity contribution is 9.10. The fourth-order valence-electron chi connectivity index (χ4n) is 5.06. The molecule has 38 heavy (non-hydrogen) atoms. The summed E-state index contributed by atoms with van der Waals surface area (Å²) in [6.07, 6.45) is 10.5. The molecule has 1 atom stereocenters. The van der Waals surface area contributed by atoms with Crippen molar-refractivity contribution in [3.63, 3.8) is 0 Å². The van der Waals surface area contributed by atoms with Crippen LogP contribution in [0, 0.1) is 0 Å². The highest BCUT2D eigenvalue weighted by Crippen LogP contribution is 2.35. The van der Waals surface area contributed by atoms with Gasteiger partial charge < -0.3 is 24.9 Å². The lowest BCUT2D eigenvalue weighted by Crippen LogP contribution is -2.42. The third-order valence-electron chi connectivity index (χ3n) is 7.05. The van der Waals surface area contributed by atoms with E-state index in [9.17, 15) is 9.90 Å². The van der Waals surface area contributed by atoms with Crippen molar-refractivity contribution in [2.75, 3.05) is 25.0 Å². The predicted molar refractivity (Wildman–Crippen MR) is 145 cm³/mol. The summed E-state index contributed by atoms with van der Waals surface area (Å²) in [6.45, 7) is 2.43. The number of hydrogen-bond donors (Lipinski definition) is 3. The first kappa shape index (κ1) is 26.6. The molecule has 3 heterocycles. The number of aliphatic hydroxyl groups is 1. The van der Waals surface area contributed by atoms with Crippen LogP contribution < -0.4 is 15.4 Å². The number of amides is 1. The number of nitrogens with zero attached hydrogens (tertiary/aromatic N) is 4. The average molecular weight is 586 g/mol. The van der Waals surface area contributed by atoms with E-state index in [1.54, 1.807) is 12.3 Å². The number of nitrogens with one attached hydrogen (secondary N) is 2. The molecule has 1 aliphatic carbocycles. The SMILES string of the molecule is O=C(NCC(O)CN1CCc2c(ccc(OCc3cnco3)c2Br)C1)c1cc(NC2CCCCC2)ncn1. The van der Waals surface area contributed by atoms with Crippen LogP contribution in [0.15, 0.2) is 46.0 Å². The summed E-state index contributed by atoms with van der Waals surface area (Å²) in [5.74, 6) is 1.78. The third-order valence-corrected chi connectivity index (χ3v) is 7.92. The molecule has 10 nitrogen and oxygen atoms in total. The number of hydrogen-bond acceptors (Lipinski definition) is 9. The van der Waals surface area contributed by atoms with Gasteiger partial charge in [0.05, 0.1) is 16.8 Å². The van der Waals surface area contributed by atoms with E-state index in [2.05, 4.69) is 52.5 Å². The molecule has 11 heteroatoms. The zero-order valence-corrected chi connectivity index (χ0v) is 22.8. The number of β-amino-alcohol motifs (C(OH)–C–C–N with tert-alkyl or cyclic N) is 1. The normalized spacial score (nSPS) is 17.0. The largest absolute Gasteiger partial charge is 0.484 e. The molecule has 2 aliphatic rings. The summed E-state index contributed by atoms with van der Waals surface area (Å²) in [4.78, 5) is 27.1. The summed E-state index contributed by atoms with van der Waals surface area (Å²) < 4.78 is 12.1. The van der Waals surface area contributed by atoms with Crippen LogP contribution in [0.25, 0.3) is 0 Å². The van der Waals surface area contributed by atoms with E-state index in [0.29, 0.717) is 43.0 Å². The van der Waals surface area contributed by atoms with Crippen molar-refractivity contribution in [2.24, 2.45) is 0 Å². The molecular weight excluding hydrogens is 552 g/mol. The van der Waals surface area contributed by atoms with Gasteiger partial charge in [-0.2, -0.15) is 0 Å². The monoisotopic (exact) mass is 584 g/mol. The van der Waals surface area contributed by atoms with Crippen molar-refractivity contribution < 1.29 is 19.1 Å². The molecule has 0 radical (unpaired) electrons. The van der Waals surface area contributed by atoms with Crippen LogP contribution in [0.1, 0.15) is 59.5 Å². The van der Waals surface area contributed by atoms with Crippen molar-refractivity contribution in [1.82, 2.24) is 25.2 Å². The van der Waals surface area contributed by atoms with E-state index in [4.69, 9.17) is 9.15 Å². The Balaban J connectivity index is 1.09. The van der Waals surface area contributed by atoms with Crippen LogP contribution in [-0.2, 0) is 19.6 Å². The molecule has 2 aromatic heterocycles. The Bertz CT molecular complexity index is 1220. The maximum absolute atomic E-state index is 12.7. The van der Waals surface area contributed by atoms with Crippen molar-refractivity contribution in [2.45, 2.75) is 63.8 Å². The Morgan fingerprint density at radius 1 is 1.26 bits per heavy atom. The molecule has 202 valence electrons. The van der Waals surface area contributed by atoms with E-state index >= 15 is 0 Å². The zero-order chi connectivity index (χ0) is 26.3. The summed E-state index contributed by atoms with van der Waals surface area (Å²) in [5.41, 5.74) is 2.69. The minimum Gasteiger partial charge on any atom is -0.484 e. The van der Waals surface area contributed by atoms with E-state index in [1.165, 1.54) is 43.1 Å². The summed E-state index contributed by atoms with van der Waals surface area (Å²) in [7, 11) is 0. The van der Waals surface area contributed by atoms with Gasteiger partial charge in [-0.15, -0.1) is 0 Å². The van der Waals surface area contributed by atoms with Crippen molar-refractivity contribution in [3.05, 3.63) is 64.2 Å². The van der Waals surface area contributed by atoms with Crippen LogP contribution in [0.2, 0.25) is 0 Å². The number of halogens is 1. The summed E-state index contributed by atoms with van der Waals surface area (Å²) >= 11 is 3.70. The second kappa shape index (κ2) is 12.7. The standard InChI is InChI=1S/C27H33BrN6O4/c28-26-22-8-9-34(13-18(22)6-7-24(26)37-15-21-12-29-17-38-21)14-20(35)11-30-27(36)23-10-25(32-16-31-23)33-19-4-2-1-3-5-19/h6-7,10,12,16-17,19-20,35H,1-5,8-9,11,13-15H2,(H,30,36)(H,31,32,33). The Kier molecular flexibility index (Phi) is 8.87. The Morgan fingerprint density at radius 3 is 2.95 bits per heavy atom. The number of rotatable bonds is 10. The quantitative estimate of drug-likeness (QED) is 0.327. The molecule has 1 aromatic carbocycles. The number of carbonyl (C=O) groups is 1. The van der Waals surface area contributed by atoms with Gasteiger partial charge in [-0.05, 0) is 52.4 Å². The molecule has 3 N–H and O–H groups in total. The topological polar surface area (TPSA) is 126 Å². The molecule has 1 saturated carbocycles. The number of anilines is 1. The number of carbonyl (C=O) groups excluding carboxylic acids is 1. The molecule has 0 saturated heterocycles. The van der Waals surface area contributed by atoms with Crippen molar-refractivity contribution in [1.29, 1.82) is 0 Å². The van der Waals surface area contributed by atoms with Crippen LogP contribution in [0.4, 0.5) is 5.82 Å². The minimum absolute atomic E-state index is 0.149. The first-order chi connectivity index (χ1) is 18.5. The lowest BCUT2D eigenvalue weighted by molar-refractivity contribution is 0.0837. The predicted octanol–water partition coefficient (Wildman–Crippen LogP) is 3.70. The molecule has 5 rings (SSSR count). The van der Waals surface area contributed by atoms with Gasteiger partial charge in [0.2, 0.25) is 0 Å². The lowest BCUT2D eigenvalue weighted by atomic mass is 9.95. The molecule has 1 amide bonds. The number of aliphatic hydroxyl groups excluding tert-OH is 1. The van der Waals surface area contributed by atoms with E-state index in [0.717, 1.165) is 36.0 Å². The Morgan fingerprint density at radius 2 is 2.13 bits per heavy atom. The fraction of sp³-hybridized carbons (Fsp3) is 0.481. The molecule has 1 unspecified atom stereocenters. The Hall–Kier alpha value is -3.02. The molecule has 0 spiro atoms. The van der Waals surface area contributed by atoms with E-state index in [1.807, 2.05) is 6.07 Å². The van der Waals surface area contributed by atoms with Gasteiger partial charge >= 0.3 is 0 Å². The number of ether oxygens (including phenoxy) is 1. The highest BCUT2D eigenvalue weighted by Gasteiger charge is 2.23. The summed E-state index contributed by atoms with van der Waals surface area (Å²) in [6, 6.07) is 6.08. The Labute approximate surface area is 230 Å². The van der Waals surface area contributed by atoms with E-state index < -0.39 is 6.10 Å². The van der Waals surface area contributed by atoms with Gasteiger partial charge in [0, 0.05) is 38.3 Å². The van der Waals surface area contributed by atoms with Crippen LogP contribution in [0.3, 0.4) is 0 Å². The van der Waals surface area contributed by atoms with Gasteiger partial charge in [0.25, 0.3) is 5.91 Å². The maximum Gasteiger partial charge on any atom is 0.270 e. The van der Waals surface area contributed by atoms with Gasteiger partial charge in [-0.1, -0.05) is 25.3 Å². The first-order valence-corrected chi connectivity index (χ1v) is 13.9. The van der Waals surface area contributed by atoms with Gasteiger partial charge in [-0.3, -0.25) is 9.69 Å². The molecule has 3 aromatic rings. The zero-order valence-electron chi connectivity index (χ0n) is 21.2. The maximum atomic E-state index is 12.7. The average Bonchev–Trinajstić information content (AvgIpc) is 3.46.